The Kier molecular flexibility index (Phi) is 3.64. The number of halogens is 3. The molecule has 118 valence electrons. The van der Waals surface area contributed by atoms with Gasteiger partial charge in [0.2, 0.25) is 5.82 Å². The van der Waals surface area contributed by atoms with Crippen molar-refractivity contribution < 1.29 is 13.2 Å². The van der Waals surface area contributed by atoms with Gasteiger partial charge in [-0.05, 0) is 6.92 Å². The van der Waals surface area contributed by atoms with E-state index < -0.39 is 12.0 Å². The molecule has 1 aliphatic rings. The summed E-state index contributed by atoms with van der Waals surface area (Å²) < 4.78 is 39.6. The number of aromatic nitrogens is 4. The molecule has 0 spiro atoms. The van der Waals surface area contributed by atoms with Gasteiger partial charge in [-0.3, -0.25) is 9.58 Å². The first-order valence-corrected chi connectivity index (χ1v) is 6.96. The largest absolute Gasteiger partial charge is 0.451 e. The molecule has 3 rings (SSSR count). The lowest BCUT2D eigenvalue weighted by Gasteiger charge is -2.27. The van der Waals surface area contributed by atoms with Gasteiger partial charge in [0.05, 0.1) is 11.4 Å². The molecule has 0 aromatic carbocycles. The molecule has 0 radical (unpaired) electrons. The van der Waals surface area contributed by atoms with Crippen molar-refractivity contribution in [2.24, 2.45) is 7.05 Å². The van der Waals surface area contributed by atoms with Gasteiger partial charge >= 0.3 is 6.18 Å². The van der Waals surface area contributed by atoms with Crippen LogP contribution >= 0.6 is 0 Å². The quantitative estimate of drug-likeness (QED) is 0.852. The van der Waals surface area contributed by atoms with Crippen LogP contribution in [0.3, 0.4) is 0 Å². The third-order valence-electron chi connectivity index (χ3n) is 3.78. The summed E-state index contributed by atoms with van der Waals surface area (Å²) in [4.78, 5) is 9.29. The number of aryl methyl sites for hydroxylation is 2. The lowest BCUT2D eigenvalue weighted by molar-refractivity contribution is -0.145. The second-order valence-corrected chi connectivity index (χ2v) is 5.54. The number of fused-ring (bicyclic) bond motifs is 1. The number of nitrogens with zero attached hydrogens (tertiary/aromatic N) is 5. The highest BCUT2D eigenvalue weighted by Gasteiger charge is 2.35. The summed E-state index contributed by atoms with van der Waals surface area (Å²) in [6, 6.07) is 0. The standard InChI is InChI=1S/C14H16F3N5/c1-9-11(6-21(2)20-9)8-22-4-3-12-10(7-22)5-18-13(19-12)14(15,16)17/h5-6H,3-4,7-8H2,1-2H3. The van der Waals surface area contributed by atoms with Crippen molar-refractivity contribution in [3.8, 4) is 0 Å². The molecular weight excluding hydrogens is 295 g/mol. The second-order valence-electron chi connectivity index (χ2n) is 5.54. The van der Waals surface area contributed by atoms with Crippen molar-refractivity contribution in [3.05, 3.63) is 40.7 Å². The molecule has 5 nitrogen and oxygen atoms in total. The predicted molar refractivity (Wildman–Crippen MR) is 72.8 cm³/mol. The Morgan fingerprint density at radius 1 is 1.32 bits per heavy atom. The highest BCUT2D eigenvalue weighted by atomic mass is 19.4. The molecule has 0 unspecified atom stereocenters. The summed E-state index contributed by atoms with van der Waals surface area (Å²) in [7, 11) is 1.87. The Bertz CT molecular complexity index is 692. The first kappa shape index (κ1) is 15.0. The van der Waals surface area contributed by atoms with Crippen LogP contribution < -0.4 is 0 Å². The predicted octanol–water partition coefficient (Wildman–Crippen LogP) is 2.10. The van der Waals surface area contributed by atoms with Crippen LogP contribution in [0.1, 0.15) is 28.3 Å². The molecule has 8 heteroatoms. The maximum absolute atomic E-state index is 12.6. The van der Waals surface area contributed by atoms with Crippen LogP contribution in [-0.4, -0.2) is 31.2 Å². The van der Waals surface area contributed by atoms with Crippen LogP contribution in [0.4, 0.5) is 13.2 Å². The molecular formula is C14H16F3N5. The van der Waals surface area contributed by atoms with E-state index in [1.165, 1.54) is 6.20 Å². The maximum atomic E-state index is 12.6. The lowest BCUT2D eigenvalue weighted by atomic mass is 10.1. The van der Waals surface area contributed by atoms with Gasteiger partial charge in [0.15, 0.2) is 0 Å². The first-order valence-electron chi connectivity index (χ1n) is 6.96. The molecule has 0 aliphatic carbocycles. The van der Waals surface area contributed by atoms with Crippen molar-refractivity contribution in [1.29, 1.82) is 0 Å². The molecule has 3 heterocycles. The van der Waals surface area contributed by atoms with E-state index in [1.54, 1.807) is 4.68 Å². The van der Waals surface area contributed by atoms with E-state index in [9.17, 15) is 13.2 Å². The zero-order valence-corrected chi connectivity index (χ0v) is 12.4. The number of hydrogen-bond acceptors (Lipinski definition) is 4. The topological polar surface area (TPSA) is 46.8 Å². The highest BCUT2D eigenvalue weighted by molar-refractivity contribution is 5.22. The van der Waals surface area contributed by atoms with Gasteiger partial charge in [-0.2, -0.15) is 18.3 Å². The van der Waals surface area contributed by atoms with Crippen molar-refractivity contribution in [3.63, 3.8) is 0 Å². The Balaban J connectivity index is 1.76. The molecule has 0 atom stereocenters. The normalized spacial score (nSPS) is 15.9. The molecule has 0 N–H and O–H groups in total. The fourth-order valence-electron chi connectivity index (χ4n) is 2.69. The maximum Gasteiger partial charge on any atom is 0.451 e. The van der Waals surface area contributed by atoms with Crippen LogP contribution in [0.5, 0.6) is 0 Å². The van der Waals surface area contributed by atoms with Crippen molar-refractivity contribution in [1.82, 2.24) is 24.6 Å². The molecule has 2 aromatic rings. The molecule has 2 aromatic heterocycles. The summed E-state index contributed by atoms with van der Waals surface area (Å²) in [5.41, 5.74) is 3.36. The van der Waals surface area contributed by atoms with Crippen molar-refractivity contribution in [2.75, 3.05) is 6.54 Å². The van der Waals surface area contributed by atoms with Gasteiger partial charge in [-0.25, -0.2) is 9.97 Å². The number of hydrogen-bond donors (Lipinski definition) is 0. The van der Waals surface area contributed by atoms with E-state index in [-0.39, 0.29) is 0 Å². The van der Waals surface area contributed by atoms with Gasteiger partial charge in [-0.1, -0.05) is 0 Å². The third-order valence-corrected chi connectivity index (χ3v) is 3.78. The van der Waals surface area contributed by atoms with Gasteiger partial charge in [-0.15, -0.1) is 0 Å². The van der Waals surface area contributed by atoms with Gasteiger partial charge in [0, 0.05) is 56.6 Å². The number of rotatable bonds is 2. The second kappa shape index (κ2) is 5.35. The molecule has 0 amide bonds. The summed E-state index contributed by atoms with van der Waals surface area (Å²) in [5, 5.41) is 4.30. The smallest absolute Gasteiger partial charge is 0.294 e. The summed E-state index contributed by atoms with van der Waals surface area (Å²) in [5.74, 6) is -1.05. The molecule has 22 heavy (non-hydrogen) atoms. The average molecular weight is 311 g/mol. The summed E-state index contributed by atoms with van der Waals surface area (Å²) >= 11 is 0. The number of alkyl halides is 3. The Morgan fingerprint density at radius 3 is 2.73 bits per heavy atom. The Hall–Kier alpha value is -1.96. The highest BCUT2D eigenvalue weighted by Crippen LogP contribution is 2.28. The van der Waals surface area contributed by atoms with E-state index in [0.717, 1.165) is 23.4 Å². The van der Waals surface area contributed by atoms with E-state index >= 15 is 0 Å². The van der Waals surface area contributed by atoms with Gasteiger partial charge in [0.1, 0.15) is 0 Å². The molecule has 0 fully saturated rings. The van der Waals surface area contributed by atoms with Crippen LogP contribution in [-0.2, 0) is 32.7 Å². The van der Waals surface area contributed by atoms with Crippen LogP contribution in [0.25, 0.3) is 0 Å². The lowest BCUT2D eigenvalue weighted by Crippen LogP contribution is -2.31. The molecule has 0 saturated heterocycles. The molecule has 1 aliphatic heterocycles. The fourth-order valence-corrected chi connectivity index (χ4v) is 2.69. The van der Waals surface area contributed by atoms with E-state index in [4.69, 9.17) is 0 Å². The zero-order chi connectivity index (χ0) is 15.9. The van der Waals surface area contributed by atoms with Crippen LogP contribution in [0, 0.1) is 6.92 Å². The van der Waals surface area contributed by atoms with E-state index in [1.807, 2.05) is 20.2 Å². The van der Waals surface area contributed by atoms with E-state index in [2.05, 4.69) is 20.0 Å². The molecule has 0 saturated carbocycles. The fraction of sp³-hybridized carbons (Fsp3) is 0.500. The molecule has 0 bridgehead atoms. The minimum absolute atomic E-state index is 0.500. The monoisotopic (exact) mass is 311 g/mol. The van der Waals surface area contributed by atoms with Gasteiger partial charge < -0.3 is 0 Å². The SMILES string of the molecule is Cc1nn(C)cc1CN1CCc2nc(C(F)(F)F)ncc2C1. The minimum Gasteiger partial charge on any atom is -0.294 e. The van der Waals surface area contributed by atoms with Gasteiger partial charge in [0.25, 0.3) is 0 Å². The average Bonchev–Trinajstić information content (AvgIpc) is 2.75. The van der Waals surface area contributed by atoms with E-state index in [0.29, 0.717) is 25.2 Å². The first-order chi connectivity index (χ1) is 10.3. The van der Waals surface area contributed by atoms with Crippen LogP contribution in [0.15, 0.2) is 12.4 Å². The van der Waals surface area contributed by atoms with Crippen LogP contribution in [0.2, 0.25) is 0 Å². The minimum atomic E-state index is -4.49. The summed E-state index contributed by atoms with van der Waals surface area (Å²) in [6.45, 7) is 3.91. The summed E-state index contributed by atoms with van der Waals surface area (Å²) in [6.07, 6.45) is -0.721. The zero-order valence-electron chi connectivity index (χ0n) is 12.4. The van der Waals surface area contributed by atoms with Crippen molar-refractivity contribution >= 4 is 0 Å². The Morgan fingerprint density at radius 2 is 2.09 bits per heavy atom. The van der Waals surface area contributed by atoms with Crippen molar-refractivity contribution in [2.45, 2.75) is 32.6 Å². The Labute approximate surface area is 125 Å². The third kappa shape index (κ3) is 2.96.